The minimum Gasteiger partial charge on any atom is -0.369 e. The second-order valence-electron chi connectivity index (χ2n) is 6.25. The fourth-order valence-electron chi connectivity index (χ4n) is 3.14. The smallest absolute Gasteiger partial charge is 0.227 e. The van der Waals surface area contributed by atoms with Crippen LogP contribution in [0.5, 0.6) is 0 Å². The summed E-state index contributed by atoms with van der Waals surface area (Å²) in [5.41, 5.74) is 8.90. The van der Waals surface area contributed by atoms with E-state index in [0.717, 1.165) is 5.75 Å². The molecule has 0 bridgehead atoms. The largest absolute Gasteiger partial charge is 0.369 e. The second kappa shape index (κ2) is 10.2. The van der Waals surface area contributed by atoms with Gasteiger partial charge >= 0.3 is 0 Å². The number of thioether (sulfide) groups is 2. The van der Waals surface area contributed by atoms with Gasteiger partial charge in [0.25, 0.3) is 0 Å². The third kappa shape index (κ3) is 4.89. The summed E-state index contributed by atoms with van der Waals surface area (Å²) in [6.45, 7) is 0. The van der Waals surface area contributed by atoms with Gasteiger partial charge in [-0.15, -0.1) is 23.5 Å². The first-order valence-corrected chi connectivity index (χ1v) is 11.1. The Balaban J connectivity index is 2.02. The Labute approximate surface area is 175 Å². The van der Waals surface area contributed by atoms with Crippen molar-refractivity contribution < 1.29 is 4.79 Å². The van der Waals surface area contributed by atoms with Crippen molar-refractivity contribution in [2.24, 2.45) is 5.73 Å². The first kappa shape index (κ1) is 20.3. The molecule has 2 N–H and O–H groups in total. The molecular formula is C24H23NOS2. The molecular weight excluding hydrogens is 382 g/mol. The topological polar surface area (TPSA) is 43.1 Å². The van der Waals surface area contributed by atoms with E-state index in [9.17, 15) is 4.79 Å². The fourth-order valence-corrected chi connectivity index (χ4v) is 5.03. The van der Waals surface area contributed by atoms with Gasteiger partial charge in [0, 0.05) is 5.75 Å². The SMILES string of the molecule is NC(=O)CSC/C=C\SC(c1ccccc1)(c1ccccc1)c1ccccc1. The van der Waals surface area contributed by atoms with E-state index in [2.05, 4.69) is 84.3 Å². The number of hydrogen-bond donors (Lipinski definition) is 1. The average Bonchev–Trinajstić information content (AvgIpc) is 2.75. The van der Waals surface area contributed by atoms with E-state index < -0.39 is 0 Å². The van der Waals surface area contributed by atoms with Crippen LogP contribution in [0.2, 0.25) is 0 Å². The van der Waals surface area contributed by atoms with Crippen molar-refractivity contribution in [3.63, 3.8) is 0 Å². The van der Waals surface area contributed by atoms with E-state index in [0.29, 0.717) is 5.75 Å². The summed E-state index contributed by atoms with van der Waals surface area (Å²) >= 11 is 3.30. The highest BCUT2D eigenvalue weighted by Crippen LogP contribution is 2.48. The van der Waals surface area contributed by atoms with Gasteiger partial charge in [0.05, 0.1) is 10.5 Å². The second-order valence-corrected chi connectivity index (χ2v) is 8.40. The molecule has 0 unspecified atom stereocenters. The molecule has 4 heteroatoms. The zero-order valence-electron chi connectivity index (χ0n) is 15.5. The standard InChI is InChI=1S/C24H23NOS2/c25-23(26)19-27-17-10-18-28-24(20-11-4-1-5-12-20,21-13-6-2-7-14-21)22-15-8-3-9-16-22/h1-16,18H,17,19H2,(H2,25,26)/b18-10-. The Bertz CT molecular complexity index is 799. The van der Waals surface area contributed by atoms with Crippen molar-refractivity contribution in [2.75, 3.05) is 11.5 Å². The summed E-state index contributed by atoms with van der Waals surface area (Å²) < 4.78 is -0.353. The molecule has 2 nitrogen and oxygen atoms in total. The fraction of sp³-hybridized carbons (Fsp3) is 0.125. The number of primary amides is 1. The van der Waals surface area contributed by atoms with E-state index >= 15 is 0 Å². The molecule has 1 amide bonds. The van der Waals surface area contributed by atoms with Crippen LogP contribution < -0.4 is 5.73 Å². The Morgan fingerprint density at radius 2 is 1.21 bits per heavy atom. The van der Waals surface area contributed by atoms with Gasteiger partial charge in [-0.2, -0.15) is 0 Å². The molecule has 0 fully saturated rings. The highest BCUT2D eigenvalue weighted by molar-refractivity contribution is 8.03. The molecule has 0 aliphatic rings. The first-order valence-electron chi connectivity index (χ1n) is 9.09. The summed E-state index contributed by atoms with van der Waals surface area (Å²) in [6.07, 6.45) is 2.10. The molecule has 3 aromatic carbocycles. The molecule has 0 aliphatic carbocycles. The molecule has 0 aliphatic heterocycles. The highest BCUT2D eigenvalue weighted by Gasteiger charge is 2.36. The molecule has 3 rings (SSSR count). The van der Waals surface area contributed by atoms with Gasteiger partial charge in [0.2, 0.25) is 5.91 Å². The zero-order chi connectivity index (χ0) is 19.7. The molecule has 3 aromatic rings. The Morgan fingerprint density at radius 1 is 0.786 bits per heavy atom. The van der Waals surface area contributed by atoms with Crippen LogP contribution in [0.1, 0.15) is 16.7 Å². The maximum absolute atomic E-state index is 10.9. The van der Waals surface area contributed by atoms with Crippen molar-refractivity contribution in [3.05, 3.63) is 119 Å². The van der Waals surface area contributed by atoms with Crippen molar-refractivity contribution in [3.8, 4) is 0 Å². The summed E-state index contributed by atoms with van der Waals surface area (Å²) in [7, 11) is 0. The lowest BCUT2D eigenvalue weighted by Crippen LogP contribution is -2.24. The van der Waals surface area contributed by atoms with Crippen molar-refractivity contribution in [2.45, 2.75) is 4.75 Å². The predicted molar refractivity (Wildman–Crippen MR) is 122 cm³/mol. The summed E-state index contributed by atoms with van der Waals surface area (Å²) in [5.74, 6) is 0.818. The normalized spacial score (nSPS) is 11.6. The van der Waals surface area contributed by atoms with E-state index in [4.69, 9.17) is 5.73 Å². The Morgan fingerprint density at radius 3 is 1.61 bits per heavy atom. The lowest BCUT2D eigenvalue weighted by molar-refractivity contribution is -0.115. The molecule has 0 heterocycles. The lowest BCUT2D eigenvalue weighted by atomic mass is 9.84. The molecule has 0 radical (unpaired) electrons. The molecule has 0 atom stereocenters. The lowest BCUT2D eigenvalue weighted by Gasteiger charge is -2.34. The van der Waals surface area contributed by atoms with Crippen LogP contribution in [0, 0.1) is 0 Å². The molecule has 28 heavy (non-hydrogen) atoms. The Kier molecular flexibility index (Phi) is 7.40. The van der Waals surface area contributed by atoms with Crippen LogP contribution in [0.4, 0.5) is 0 Å². The molecule has 0 saturated heterocycles. The number of benzene rings is 3. The summed E-state index contributed by atoms with van der Waals surface area (Å²) in [5, 5.41) is 2.14. The van der Waals surface area contributed by atoms with E-state index in [1.165, 1.54) is 28.5 Å². The van der Waals surface area contributed by atoms with Gasteiger partial charge in [0.1, 0.15) is 0 Å². The van der Waals surface area contributed by atoms with Gasteiger partial charge in [-0.05, 0) is 22.1 Å². The minimum absolute atomic E-state index is 0.279. The molecule has 0 aromatic heterocycles. The van der Waals surface area contributed by atoms with Crippen molar-refractivity contribution >= 4 is 29.4 Å². The first-order chi connectivity index (χ1) is 13.7. The average molecular weight is 406 g/mol. The van der Waals surface area contributed by atoms with Gasteiger partial charge in [-0.3, -0.25) is 4.79 Å². The summed E-state index contributed by atoms with van der Waals surface area (Å²) in [6, 6.07) is 31.8. The van der Waals surface area contributed by atoms with E-state index in [1.54, 1.807) is 11.8 Å². The molecule has 0 saturated carbocycles. The van der Waals surface area contributed by atoms with Gasteiger partial charge in [-0.25, -0.2) is 0 Å². The van der Waals surface area contributed by atoms with Crippen LogP contribution in [-0.2, 0) is 9.54 Å². The maximum Gasteiger partial charge on any atom is 0.227 e. The monoisotopic (exact) mass is 405 g/mol. The Hall–Kier alpha value is -2.43. The molecule has 0 spiro atoms. The number of nitrogens with two attached hydrogens (primary N) is 1. The third-order valence-corrected chi connectivity index (χ3v) is 6.65. The van der Waals surface area contributed by atoms with Crippen LogP contribution >= 0.6 is 23.5 Å². The van der Waals surface area contributed by atoms with Crippen molar-refractivity contribution in [1.82, 2.24) is 0 Å². The zero-order valence-corrected chi connectivity index (χ0v) is 17.2. The third-order valence-electron chi connectivity index (χ3n) is 4.34. The van der Waals surface area contributed by atoms with Crippen molar-refractivity contribution in [1.29, 1.82) is 0 Å². The number of amides is 1. The van der Waals surface area contributed by atoms with E-state index in [-0.39, 0.29) is 10.7 Å². The number of carbonyl (C=O) groups excluding carboxylic acids is 1. The van der Waals surface area contributed by atoms with Gasteiger partial charge in [-0.1, -0.05) is 97.1 Å². The van der Waals surface area contributed by atoms with Gasteiger partial charge in [0.15, 0.2) is 0 Å². The predicted octanol–water partition coefficient (Wildman–Crippen LogP) is 5.44. The maximum atomic E-state index is 10.9. The van der Waals surface area contributed by atoms with Crippen LogP contribution in [-0.4, -0.2) is 17.4 Å². The quantitative estimate of drug-likeness (QED) is 0.380. The highest BCUT2D eigenvalue weighted by atomic mass is 32.2. The number of hydrogen-bond acceptors (Lipinski definition) is 3. The van der Waals surface area contributed by atoms with Crippen LogP contribution in [0.25, 0.3) is 0 Å². The minimum atomic E-state index is -0.353. The van der Waals surface area contributed by atoms with Gasteiger partial charge < -0.3 is 5.73 Å². The number of rotatable bonds is 9. The summed E-state index contributed by atoms with van der Waals surface area (Å²) in [4.78, 5) is 10.9. The molecule has 142 valence electrons. The van der Waals surface area contributed by atoms with E-state index in [1.807, 2.05) is 18.2 Å². The van der Waals surface area contributed by atoms with Crippen LogP contribution in [0.15, 0.2) is 102 Å². The van der Waals surface area contributed by atoms with Crippen LogP contribution in [0.3, 0.4) is 0 Å². The number of carbonyl (C=O) groups is 1.